The van der Waals surface area contributed by atoms with Crippen LogP contribution in [0.2, 0.25) is 0 Å². The average molecular weight is 467 g/mol. The molecule has 174 valence electrons. The minimum Gasteiger partial charge on any atom is -0.491 e. The van der Waals surface area contributed by atoms with Gasteiger partial charge in [0.2, 0.25) is 5.91 Å². The minimum absolute atomic E-state index is 0.140. The molecule has 1 N–H and O–H groups in total. The summed E-state index contributed by atoms with van der Waals surface area (Å²) < 4.78 is 33.7. The molecule has 0 bridgehead atoms. The zero-order valence-corrected chi connectivity index (χ0v) is 20.3. The van der Waals surface area contributed by atoms with Gasteiger partial charge in [0.15, 0.2) is 0 Å². The quantitative estimate of drug-likeness (QED) is 0.477. The van der Waals surface area contributed by atoms with E-state index in [0.717, 1.165) is 32.3 Å². The first-order chi connectivity index (χ1) is 15.7. The SMILES string of the molecule is Cc1ccc(S(=O)(=O)N(CC(=O)NCCOc2cc(C)ccc2C)c2cccc(C)c2)cc1. The molecule has 3 aromatic carbocycles. The lowest BCUT2D eigenvalue weighted by Crippen LogP contribution is -2.42. The lowest BCUT2D eigenvalue weighted by Gasteiger charge is -2.24. The van der Waals surface area contributed by atoms with E-state index in [0.29, 0.717) is 5.69 Å². The van der Waals surface area contributed by atoms with E-state index in [-0.39, 0.29) is 24.6 Å². The Labute approximate surface area is 196 Å². The summed E-state index contributed by atoms with van der Waals surface area (Å²) >= 11 is 0. The van der Waals surface area contributed by atoms with Crippen LogP contribution in [0.25, 0.3) is 0 Å². The van der Waals surface area contributed by atoms with Crippen molar-refractivity contribution in [1.82, 2.24) is 5.32 Å². The zero-order chi connectivity index (χ0) is 24.0. The van der Waals surface area contributed by atoms with Crippen LogP contribution in [0, 0.1) is 27.7 Å². The Kier molecular flexibility index (Phi) is 7.76. The molecule has 0 aliphatic rings. The Hall–Kier alpha value is -3.32. The standard InChI is InChI=1S/C26H30N2O4S/c1-19-9-12-24(13-10-19)33(30,31)28(23-7-5-6-20(2)16-23)18-26(29)27-14-15-32-25-17-21(3)8-11-22(25)4/h5-13,16-17H,14-15,18H2,1-4H3,(H,27,29). The maximum absolute atomic E-state index is 13.4. The Balaban J connectivity index is 1.71. The van der Waals surface area contributed by atoms with E-state index >= 15 is 0 Å². The summed E-state index contributed by atoms with van der Waals surface area (Å²) in [5, 5.41) is 2.76. The van der Waals surface area contributed by atoms with E-state index < -0.39 is 15.9 Å². The molecule has 0 saturated heterocycles. The lowest BCUT2D eigenvalue weighted by atomic mass is 10.1. The summed E-state index contributed by atoms with van der Waals surface area (Å²) in [5.74, 6) is 0.365. The molecular weight excluding hydrogens is 436 g/mol. The van der Waals surface area contributed by atoms with Crippen molar-refractivity contribution >= 4 is 21.6 Å². The van der Waals surface area contributed by atoms with Gasteiger partial charge in [0.25, 0.3) is 10.0 Å². The highest BCUT2D eigenvalue weighted by Gasteiger charge is 2.27. The number of hydrogen-bond donors (Lipinski definition) is 1. The number of carbonyl (C=O) groups excluding carboxylic acids is 1. The summed E-state index contributed by atoms with van der Waals surface area (Å²) in [7, 11) is -3.93. The van der Waals surface area contributed by atoms with Crippen molar-refractivity contribution in [2.24, 2.45) is 0 Å². The molecule has 0 spiro atoms. The smallest absolute Gasteiger partial charge is 0.264 e. The molecule has 0 aromatic heterocycles. The highest BCUT2D eigenvalue weighted by Crippen LogP contribution is 2.24. The van der Waals surface area contributed by atoms with Crippen LogP contribution in [0.15, 0.2) is 71.6 Å². The van der Waals surface area contributed by atoms with Gasteiger partial charge in [-0.25, -0.2) is 8.42 Å². The molecule has 0 fully saturated rings. The van der Waals surface area contributed by atoms with Gasteiger partial charge >= 0.3 is 0 Å². The molecule has 0 aliphatic carbocycles. The summed E-state index contributed by atoms with van der Waals surface area (Å²) in [5.41, 5.74) is 4.41. The van der Waals surface area contributed by atoms with E-state index in [9.17, 15) is 13.2 Å². The van der Waals surface area contributed by atoms with Gasteiger partial charge in [-0.15, -0.1) is 0 Å². The Morgan fingerprint density at radius 2 is 1.55 bits per heavy atom. The maximum atomic E-state index is 13.4. The number of sulfonamides is 1. The first-order valence-electron chi connectivity index (χ1n) is 10.8. The number of nitrogens with one attached hydrogen (secondary N) is 1. The second kappa shape index (κ2) is 10.5. The van der Waals surface area contributed by atoms with E-state index in [1.54, 1.807) is 42.5 Å². The van der Waals surface area contributed by atoms with Gasteiger partial charge in [0.1, 0.15) is 18.9 Å². The first-order valence-corrected chi connectivity index (χ1v) is 12.2. The number of benzene rings is 3. The molecule has 0 aliphatic heterocycles. The second-order valence-electron chi connectivity index (χ2n) is 8.13. The number of aryl methyl sites for hydroxylation is 4. The third kappa shape index (κ3) is 6.35. The lowest BCUT2D eigenvalue weighted by molar-refractivity contribution is -0.119. The largest absolute Gasteiger partial charge is 0.491 e. The number of carbonyl (C=O) groups is 1. The van der Waals surface area contributed by atoms with Crippen LogP contribution < -0.4 is 14.4 Å². The van der Waals surface area contributed by atoms with E-state index in [1.165, 1.54) is 0 Å². The molecule has 0 saturated carbocycles. The van der Waals surface area contributed by atoms with Crippen LogP contribution in [-0.4, -0.2) is 34.0 Å². The molecule has 0 atom stereocenters. The predicted octanol–water partition coefficient (Wildman–Crippen LogP) is 4.31. The Bertz CT molecular complexity index is 1220. The van der Waals surface area contributed by atoms with Crippen LogP contribution in [0.1, 0.15) is 22.3 Å². The molecule has 0 unspecified atom stereocenters. The maximum Gasteiger partial charge on any atom is 0.264 e. The number of amides is 1. The van der Waals surface area contributed by atoms with Crippen LogP contribution >= 0.6 is 0 Å². The van der Waals surface area contributed by atoms with Gasteiger partial charge in [-0.1, -0.05) is 42.0 Å². The highest BCUT2D eigenvalue weighted by molar-refractivity contribution is 7.92. The van der Waals surface area contributed by atoms with Crippen molar-refractivity contribution in [3.8, 4) is 5.75 Å². The van der Waals surface area contributed by atoms with Gasteiger partial charge in [-0.05, 0) is 74.7 Å². The van der Waals surface area contributed by atoms with Gasteiger partial charge in [0.05, 0.1) is 17.1 Å². The third-order valence-electron chi connectivity index (χ3n) is 5.21. The van der Waals surface area contributed by atoms with Crippen LogP contribution in [-0.2, 0) is 14.8 Å². The van der Waals surface area contributed by atoms with Crippen molar-refractivity contribution < 1.29 is 17.9 Å². The molecule has 1 amide bonds. The fourth-order valence-electron chi connectivity index (χ4n) is 3.34. The van der Waals surface area contributed by atoms with E-state index in [1.807, 2.05) is 52.0 Å². The van der Waals surface area contributed by atoms with Crippen molar-refractivity contribution in [3.63, 3.8) is 0 Å². The topological polar surface area (TPSA) is 75.7 Å². The number of nitrogens with zero attached hydrogens (tertiary/aromatic N) is 1. The molecule has 0 radical (unpaired) electrons. The van der Waals surface area contributed by atoms with E-state index in [2.05, 4.69) is 5.32 Å². The van der Waals surface area contributed by atoms with Crippen LogP contribution in [0.3, 0.4) is 0 Å². The molecule has 3 rings (SSSR count). The van der Waals surface area contributed by atoms with Gasteiger partial charge < -0.3 is 10.1 Å². The normalized spacial score (nSPS) is 11.2. The van der Waals surface area contributed by atoms with Crippen molar-refractivity contribution in [3.05, 3.63) is 89.0 Å². The fraction of sp³-hybridized carbons (Fsp3) is 0.269. The number of anilines is 1. The highest BCUT2D eigenvalue weighted by atomic mass is 32.2. The molecular formula is C26H30N2O4S. The third-order valence-corrected chi connectivity index (χ3v) is 7.00. The summed E-state index contributed by atoms with van der Waals surface area (Å²) in [6.45, 7) is 7.94. The summed E-state index contributed by atoms with van der Waals surface area (Å²) in [4.78, 5) is 12.8. The van der Waals surface area contributed by atoms with Crippen molar-refractivity contribution in [2.45, 2.75) is 32.6 Å². The van der Waals surface area contributed by atoms with Crippen molar-refractivity contribution in [1.29, 1.82) is 0 Å². The van der Waals surface area contributed by atoms with E-state index in [4.69, 9.17) is 4.74 Å². The average Bonchev–Trinajstić information content (AvgIpc) is 2.77. The summed E-state index contributed by atoms with van der Waals surface area (Å²) in [6.07, 6.45) is 0. The molecule has 6 nitrogen and oxygen atoms in total. The molecule has 0 heterocycles. The Morgan fingerprint density at radius 3 is 2.24 bits per heavy atom. The first kappa shape index (κ1) is 24.3. The number of hydrogen-bond acceptors (Lipinski definition) is 4. The van der Waals surface area contributed by atoms with Gasteiger partial charge in [-0.2, -0.15) is 0 Å². The van der Waals surface area contributed by atoms with Crippen molar-refractivity contribution in [2.75, 3.05) is 24.0 Å². The number of ether oxygens (including phenoxy) is 1. The van der Waals surface area contributed by atoms with Crippen LogP contribution in [0.4, 0.5) is 5.69 Å². The Morgan fingerprint density at radius 1 is 0.879 bits per heavy atom. The minimum atomic E-state index is -3.93. The molecule has 33 heavy (non-hydrogen) atoms. The molecule has 7 heteroatoms. The summed E-state index contributed by atoms with van der Waals surface area (Å²) in [6, 6.07) is 19.6. The van der Waals surface area contributed by atoms with Gasteiger partial charge in [0, 0.05) is 0 Å². The number of rotatable bonds is 9. The fourth-order valence-corrected chi connectivity index (χ4v) is 4.75. The van der Waals surface area contributed by atoms with Crippen LogP contribution in [0.5, 0.6) is 5.75 Å². The predicted molar refractivity (Wildman–Crippen MR) is 131 cm³/mol. The van der Waals surface area contributed by atoms with Gasteiger partial charge in [-0.3, -0.25) is 9.10 Å². The monoisotopic (exact) mass is 466 g/mol. The zero-order valence-electron chi connectivity index (χ0n) is 19.5. The second-order valence-corrected chi connectivity index (χ2v) is 9.99. The molecule has 3 aromatic rings.